The molecule has 0 bridgehead atoms. The Kier molecular flexibility index (Phi) is 3.87. The quantitative estimate of drug-likeness (QED) is 0.603. The number of ether oxygens (including phenoxy) is 1. The topological polar surface area (TPSA) is 9.23 Å². The number of allylic oxidation sites excluding steroid dienone is 1. The zero-order valence-electron chi connectivity index (χ0n) is 12.9. The van der Waals surface area contributed by atoms with Crippen molar-refractivity contribution in [1.82, 2.24) is 0 Å². The van der Waals surface area contributed by atoms with E-state index in [0.29, 0.717) is 6.10 Å². The summed E-state index contributed by atoms with van der Waals surface area (Å²) >= 11 is 0. The molecule has 1 fully saturated rings. The van der Waals surface area contributed by atoms with Gasteiger partial charge in [-0.3, -0.25) is 0 Å². The summed E-state index contributed by atoms with van der Waals surface area (Å²) in [6.07, 6.45) is 5.53. The van der Waals surface area contributed by atoms with Crippen molar-refractivity contribution >= 4 is 13.3 Å². The lowest BCUT2D eigenvalue weighted by Gasteiger charge is -2.28. The summed E-state index contributed by atoms with van der Waals surface area (Å²) in [5.41, 5.74) is 1.60. The summed E-state index contributed by atoms with van der Waals surface area (Å²) in [6, 6.07) is 12.5. The average molecular weight is 286 g/mol. The van der Waals surface area contributed by atoms with Crippen molar-refractivity contribution in [1.29, 1.82) is 0 Å². The van der Waals surface area contributed by atoms with Crippen molar-refractivity contribution < 1.29 is 4.74 Å². The van der Waals surface area contributed by atoms with Crippen molar-refractivity contribution in [3.8, 4) is 0 Å². The SMILES string of the molecule is C[C@H]1OCC[C@H]2CC(C[Si](C)(C)c3ccccc3)C=C21. The minimum absolute atomic E-state index is 0.361. The van der Waals surface area contributed by atoms with E-state index in [9.17, 15) is 0 Å². The van der Waals surface area contributed by atoms with Gasteiger partial charge < -0.3 is 4.74 Å². The Morgan fingerprint density at radius 3 is 2.65 bits per heavy atom. The molecule has 1 aromatic carbocycles. The Labute approximate surface area is 124 Å². The fourth-order valence-corrected chi connectivity index (χ4v) is 6.94. The highest BCUT2D eigenvalue weighted by atomic mass is 28.3. The maximum absolute atomic E-state index is 5.80. The molecule has 0 amide bonds. The van der Waals surface area contributed by atoms with Crippen LogP contribution in [0.3, 0.4) is 0 Å². The van der Waals surface area contributed by atoms with Crippen LogP contribution in [0.2, 0.25) is 19.1 Å². The molecule has 1 unspecified atom stereocenters. The smallest absolute Gasteiger partial charge is 0.0812 e. The molecule has 3 atom stereocenters. The molecule has 3 rings (SSSR count). The number of hydrogen-bond donors (Lipinski definition) is 0. The van der Waals surface area contributed by atoms with E-state index in [1.54, 1.807) is 10.8 Å². The molecule has 1 aliphatic carbocycles. The molecule has 1 saturated heterocycles. The zero-order valence-corrected chi connectivity index (χ0v) is 13.9. The van der Waals surface area contributed by atoms with E-state index in [1.165, 1.54) is 18.9 Å². The van der Waals surface area contributed by atoms with Gasteiger partial charge in [0.25, 0.3) is 0 Å². The molecule has 0 radical (unpaired) electrons. The van der Waals surface area contributed by atoms with Crippen LogP contribution in [0.4, 0.5) is 0 Å². The van der Waals surface area contributed by atoms with Crippen molar-refractivity contribution in [3.63, 3.8) is 0 Å². The standard InChI is InChI=1S/C18H26OSi/c1-14-18-12-15(11-16(18)9-10-19-14)13-20(2,3)17-7-5-4-6-8-17/h4-8,12,14-16H,9-11,13H2,1-3H3/t14-,15?,16+/m1/s1. The summed E-state index contributed by atoms with van der Waals surface area (Å²) in [5.74, 6) is 1.59. The largest absolute Gasteiger partial charge is 0.374 e. The Bertz CT molecular complexity index is 491. The lowest BCUT2D eigenvalue weighted by molar-refractivity contribution is 0.0475. The van der Waals surface area contributed by atoms with Crippen LogP contribution in [-0.4, -0.2) is 20.8 Å². The van der Waals surface area contributed by atoms with E-state index >= 15 is 0 Å². The van der Waals surface area contributed by atoms with Gasteiger partial charge in [-0.25, -0.2) is 0 Å². The van der Waals surface area contributed by atoms with Gasteiger partial charge in [0.05, 0.1) is 14.2 Å². The third-order valence-electron chi connectivity index (χ3n) is 5.12. The van der Waals surface area contributed by atoms with E-state index in [-0.39, 0.29) is 0 Å². The number of fused-ring (bicyclic) bond motifs is 1. The van der Waals surface area contributed by atoms with E-state index in [1.807, 2.05) is 0 Å². The minimum Gasteiger partial charge on any atom is -0.374 e. The average Bonchev–Trinajstić information content (AvgIpc) is 2.83. The van der Waals surface area contributed by atoms with Crippen LogP contribution in [0.25, 0.3) is 0 Å². The number of rotatable bonds is 3. The predicted octanol–water partition coefficient (Wildman–Crippen LogP) is 3.97. The van der Waals surface area contributed by atoms with Gasteiger partial charge in [0.15, 0.2) is 0 Å². The Balaban J connectivity index is 1.73. The van der Waals surface area contributed by atoms with Crippen molar-refractivity contribution in [3.05, 3.63) is 42.0 Å². The number of benzene rings is 1. The van der Waals surface area contributed by atoms with Gasteiger partial charge in [-0.05, 0) is 43.2 Å². The molecule has 0 aromatic heterocycles. The van der Waals surface area contributed by atoms with Crippen LogP contribution in [-0.2, 0) is 4.74 Å². The predicted molar refractivity (Wildman–Crippen MR) is 88.1 cm³/mol. The number of hydrogen-bond acceptors (Lipinski definition) is 1. The second-order valence-electron chi connectivity index (χ2n) is 7.12. The summed E-state index contributed by atoms with van der Waals surface area (Å²) < 4.78 is 5.80. The van der Waals surface area contributed by atoms with Crippen LogP contribution in [0.1, 0.15) is 19.8 Å². The van der Waals surface area contributed by atoms with Crippen LogP contribution < -0.4 is 5.19 Å². The molecule has 2 heteroatoms. The Morgan fingerprint density at radius 2 is 1.95 bits per heavy atom. The highest BCUT2D eigenvalue weighted by molar-refractivity contribution is 6.89. The van der Waals surface area contributed by atoms with E-state index in [0.717, 1.165) is 18.4 Å². The van der Waals surface area contributed by atoms with Crippen molar-refractivity contribution in [2.75, 3.05) is 6.61 Å². The van der Waals surface area contributed by atoms with E-state index < -0.39 is 8.07 Å². The molecule has 1 aromatic rings. The second kappa shape index (κ2) is 5.49. The second-order valence-corrected chi connectivity index (χ2v) is 11.9. The summed E-state index contributed by atoms with van der Waals surface area (Å²) in [4.78, 5) is 0. The maximum Gasteiger partial charge on any atom is 0.0812 e. The lowest BCUT2D eigenvalue weighted by atomic mass is 9.92. The van der Waals surface area contributed by atoms with Crippen molar-refractivity contribution in [2.45, 2.75) is 45.0 Å². The first-order valence-electron chi connectivity index (χ1n) is 7.95. The third kappa shape index (κ3) is 2.77. The Morgan fingerprint density at radius 1 is 1.20 bits per heavy atom. The summed E-state index contributed by atoms with van der Waals surface area (Å²) in [6.45, 7) is 8.21. The molecular weight excluding hydrogens is 260 g/mol. The highest BCUT2D eigenvalue weighted by Crippen LogP contribution is 2.41. The Hall–Kier alpha value is -0.863. The summed E-state index contributed by atoms with van der Waals surface area (Å²) in [7, 11) is -1.32. The maximum atomic E-state index is 5.80. The molecule has 20 heavy (non-hydrogen) atoms. The van der Waals surface area contributed by atoms with E-state index in [2.05, 4.69) is 56.4 Å². The van der Waals surface area contributed by atoms with Gasteiger partial charge in [0.1, 0.15) is 0 Å². The third-order valence-corrected chi connectivity index (χ3v) is 8.56. The molecular formula is C18H26OSi. The molecule has 0 spiro atoms. The van der Waals surface area contributed by atoms with Gasteiger partial charge in [-0.2, -0.15) is 0 Å². The van der Waals surface area contributed by atoms with Gasteiger partial charge in [-0.1, -0.05) is 54.7 Å². The van der Waals surface area contributed by atoms with Gasteiger partial charge in [0, 0.05) is 6.61 Å². The van der Waals surface area contributed by atoms with E-state index in [4.69, 9.17) is 4.74 Å². The summed E-state index contributed by atoms with van der Waals surface area (Å²) in [5, 5.41) is 1.59. The highest BCUT2D eigenvalue weighted by Gasteiger charge is 2.36. The van der Waals surface area contributed by atoms with Gasteiger partial charge in [0.2, 0.25) is 0 Å². The molecule has 1 nitrogen and oxygen atoms in total. The lowest BCUT2D eigenvalue weighted by Crippen LogP contribution is -2.42. The van der Waals surface area contributed by atoms with Crippen molar-refractivity contribution in [2.24, 2.45) is 11.8 Å². The molecule has 2 aliphatic rings. The fraction of sp³-hybridized carbons (Fsp3) is 0.556. The normalized spacial score (nSPS) is 29.9. The molecule has 108 valence electrons. The van der Waals surface area contributed by atoms with Crippen LogP contribution in [0.5, 0.6) is 0 Å². The van der Waals surface area contributed by atoms with Crippen LogP contribution >= 0.6 is 0 Å². The fourth-order valence-electron chi connectivity index (χ4n) is 4.02. The molecule has 1 aliphatic heterocycles. The monoisotopic (exact) mass is 286 g/mol. The van der Waals surface area contributed by atoms with Gasteiger partial charge in [-0.15, -0.1) is 0 Å². The van der Waals surface area contributed by atoms with Crippen LogP contribution in [0.15, 0.2) is 42.0 Å². The first-order chi connectivity index (χ1) is 9.56. The zero-order chi connectivity index (χ0) is 14.2. The first kappa shape index (κ1) is 14.1. The first-order valence-corrected chi connectivity index (χ1v) is 11.2. The van der Waals surface area contributed by atoms with Gasteiger partial charge >= 0.3 is 0 Å². The molecule has 0 N–H and O–H groups in total. The van der Waals surface area contributed by atoms with Crippen LogP contribution in [0, 0.1) is 11.8 Å². The minimum atomic E-state index is -1.32. The molecule has 0 saturated carbocycles. The molecule has 1 heterocycles.